The second-order valence-electron chi connectivity index (χ2n) is 4.08. The van der Waals surface area contributed by atoms with Gasteiger partial charge in [-0.3, -0.25) is 4.79 Å². The first kappa shape index (κ1) is 12.4. The number of carbonyl (C=O) groups excluding carboxylic acids is 1. The van der Waals surface area contributed by atoms with Gasteiger partial charge in [-0.05, 0) is 34.5 Å². The van der Waals surface area contributed by atoms with Gasteiger partial charge in [-0.1, -0.05) is 6.07 Å². The predicted molar refractivity (Wildman–Crippen MR) is 66.6 cm³/mol. The van der Waals surface area contributed by atoms with Crippen molar-refractivity contribution in [3.63, 3.8) is 0 Å². The van der Waals surface area contributed by atoms with Crippen LogP contribution in [0.25, 0.3) is 0 Å². The van der Waals surface area contributed by atoms with Crippen LogP contribution in [0.3, 0.4) is 0 Å². The normalized spacial score (nSPS) is 23.7. The average molecular weight is 302 g/mol. The zero-order valence-electron chi connectivity index (χ0n) is 9.34. The summed E-state index contributed by atoms with van der Waals surface area (Å²) >= 11 is 3.24. The molecule has 1 saturated heterocycles. The molecule has 2 atom stereocenters. The van der Waals surface area contributed by atoms with Gasteiger partial charge in [0.15, 0.2) is 0 Å². The maximum Gasteiger partial charge on any atom is 0.242 e. The second-order valence-corrected chi connectivity index (χ2v) is 4.90. The van der Waals surface area contributed by atoms with E-state index in [2.05, 4.69) is 31.5 Å². The van der Waals surface area contributed by atoms with Crippen molar-refractivity contribution in [2.45, 2.75) is 25.6 Å². The van der Waals surface area contributed by atoms with Crippen molar-refractivity contribution in [1.82, 2.24) is 10.3 Å². The Morgan fingerprint density at radius 3 is 3.06 bits per heavy atom. The molecular weight excluding hydrogens is 289 g/mol. The van der Waals surface area contributed by atoms with Crippen LogP contribution in [-0.4, -0.2) is 29.6 Å². The highest BCUT2D eigenvalue weighted by atomic mass is 79.9. The first-order chi connectivity index (χ1) is 8.06. The molecule has 1 aromatic heterocycles. The maximum absolute atomic E-state index is 13.0. The summed E-state index contributed by atoms with van der Waals surface area (Å²) in [4.78, 5) is 16.0. The lowest BCUT2D eigenvalue weighted by Crippen LogP contribution is -2.35. The van der Waals surface area contributed by atoms with Gasteiger partial charge in [-0.2, -0.15) is 0 Å². The van der Waals surface area contributed by atoms with Crippen molar-refractivity contribution in [2.75, 3.05) is 11.9 Å². The van der Waals surface area contributed by atoms with Gasteiger partial charge in [-0.15, -0.1) is 0 Å². The summed E-state index contributed by atoms with van der Waals surface area (Å²) in [5.74, 6) is 0.271. The summed E-state index contributed by atoms with van der Waals surface area (Å²) < 4.78 is 13.6. The number of hydrogen-bond acceptors (Lipinski definition) is 3. The molecule has 0 radical (unpaired) electrons. The molecule has 6 heteroatoms. The average Bonchev–Trinajstić information content (AvgIpc) is 2.70. The number of rotatable bonds is 2. The first-order valence-corrected chi connectivity index (χ1v) is 6.17. The minimum Gasteiger partial charge on any atom is -0.309 e. The zero-order chi connectivity index (χ0) is 12.4. The molecule has 0 aromatic carbocycles. The van der Waals surface area contributed by atoms with Crippen LogP contribution < -0.4 is 10.6 Å². The van der Waals surface area contributed by atoms with Crippen molar-refractivity contribution >= 4 is 27.7 Å². The highest BCUT2D eigenvalue weighted by Crippen LogP contribution is 2.17. The molecule has 0 aliphatic carbocycles. The predicted octanol–water partition coefficient (Wildman–Crippen LogP) is 1.79. The van der Waals surface area contributed by atoms with Crippen LogP contribution >= 0.6 is 15.9 Å². The molecule has 92 valence electrons. The third kappa shape index (κ3) is 3.01. The topological polar surface area (TPSA) is 54.0 Å². The van der Waals surface area contributed by atoms with E-state index in [1.807, 2.05) is 13.0 Å². The van der Waals surface area contributed by atoms with Crippen LogP contribution in [0.1, 0.15) is 12.0 Å². The fourth-order valence-corrected chi connectivity index (χ4v) is 2.04. The van der Waals surface area contributed by atoms with Gasteiger partial charge >= 0.3 is 0 Å². The number of aromatic nitrogens is 1. The van der Waals surface area contributed by atoms with Gasteiger partial charge in [0.05, 0.1) is 6.04 Å². The quantitative estimate of drug-likeness (QED) is 0.819. The minimum atomic E-state index is -0.942. The number of pyridine rings is 1. The van der Waals surface area contributed by atoms with Crippen LogP contribution in [0, 0.1) is 6.92 Å². The Balaban J connectivity index is 2.05. The highest BCUT2D eigenvalue weighted by molar-refractivity contribution is 9.10. The number of amides is 1. The third-order valence-electron chi connectivity index (χ3n) is 2.70. The lowest BCUT2D eigenvalue weighted by Gasteiger charge is -2.12. The number of anilines is 1. The first-order valence-electron chi connectivity index (χ1n) is 5.37. The van der Waals surface area contributed by atoms with Crippen LogP contribution in [0.2, 0.25) is 0 Å². The van der Waals surface area contributed by atoms with E-state index in [-0.39, 0.29) is 18.9 Å². The summed E-state index contributed by atoms with van der Waals surface area (Å²) in [7, 11) is 0. The second kappa shape index (κ2) is 5.10. The molecule has 2 N–H and O–H groups in total. The number of halogens is 2. The number of nitrogens with zero attached hydrogens (tertiary/aromatic N) is 1. The summed E-state index contributed by atoms with van der Waals surface area (Å²) in [5.41, 5.74) is 0.872. The van der Waals surface area contributed by atoms with E-state index in [0.29, 0.717) is 10.4 Å². The SMILES string of the molecule is Cc1ccc(Br)nc1NC(=O)[C@@H]1C[C@@H](F)CN1. The zero-order valence-corrected chi connectivity index (χ0v) is 10.9. The number of hydrogen-bond donors (Lipinski definition) is 2. The van der Waals surface area contributed by atoms with Crippen molar-refractivity contribution in [2.24, 2.45) is 0 Å². The van der Waals surface area contributed by atoms with Gasteiger partial charge in [0.1, 0.15) is 16.6 Å². The summed E-state index contributed by atoms with van der Waals surface area (Å²) in [6.45, 7) is 2.10. The van der Waals surface area contributed by atoms with Gasteiger partial charge in [0.25, 0.3) is 0 Å². The monoisotopic (exact) mass is 301 g/mol. The Kier molecular flexibility index (Phi) is 3.73. The summed E-state index contributed by atoms with van der Waals surface area (Å²) in [6, 6.07) is 3.19. The Morgan fingerprint density at radius 1 is 1.65 bits per heavy atom. The lowest BCUT2D eigenvalue weighted by atomic mass is 10.2. The molecule has 1 aromatic rings. The Labute approximate surface area is 107 Å². The van der Waals surface area contributed by atoms with E-state index in [0.717, 1.165) is 5.56 Å². The standard InChI is InChI=1S/C11H13BrFN3O/c1-6-2-3-9(12)15-10(6)16-11(17)8-4-7(13)5-14-8/h2-3,7-8,14H,4-5H2,1H3,(H,15,16,17)/t7-,8+/m1/s1. The molecule has 4 nitrogen and oxygen atoms in total. The van der Waals surface area contributed by atoms with E-state index >= 15 is 0 Å². The number of alkyl halides is 1. The van der Waals surface area contributed by atoms with Gasteiger partial charge in [0.2, 0.25) is 5.91 Å². The molecule has 2 rings (SSSR count). The van der Waals surface area contributed by atoms with E-state index in [9.17, 15) is 9.18 Å². The van der Waals surface area contributed by atoms with E-state index in [4.69, 9.17) is 0 Å². The van der Waals surface area contributed by atoms with Crippen LogP contribution in [-0.2, 0) is 4.79 Å². The molecule has 1 aliphatic rings. The third-order valence-corrected chi connectivity index (χ3v) is 3.14. The number of carbonyl (C=O) groups is 1. The molecule has 0 bridgehead atoms. The van der Waals surface area contributed by atoms with Crippen LogP contribution in [0.5, 0.6) is 0 Å². The fourth-order valence-electron chi connectivity index (χ4n) is 1.73. The van der Waals surface area contributed by atoms with Crippen molar-refractivity contribution < 1.29 is 9.18 Å². The Hall–Kier alpha value is -1.01. The Bertz CT molecular complexity index is 441. The van der Waals surface area contributed by atoms with Crippen molar-refractivity contribution in [1.29, 1.82) is 0 Å². The Morgan fingerprint density at radius 2 is 2.41 bits per heavy atom. The minimum absolute atomic E-state index is 0.221. The summed E-state index contributed by atoms with van der Waals surface area (Å²) in [6.07, 6.45) is -0.721. The molecule has 0 unspecified atom stereocenters. The van der Waals surface area contributed by atoms with Crippen molar-refractivity contribution in [3.8, 4) is 0 Å². The fraction of sp³-hybridized carbons (Fsp3) is 0.455. The lowest BCUT2D eigenvalue weighted by molar-refractivity contribution is -0.117. The molecule has 0 saturated carbocycles. The maximum atomic E-state index is 13.0. The smallest absolute Gasteiger partial charge is 0.242 e. The molecular formula is C11H13BrFN3O. The molecule has 1 aliphatic heterocycles. The van der Waals surface area contributed by atoms with Crippen LogP contribution in [0.4, 0.5) is 10.2 Å². The summed E-state index contributed by atoms with van der Waals surface area (Å²) in [5, 5.41) is 5.54. The molecule has 1 amide bonds. The van der Waals surface area contributed by atoms with Gasteiger partial charge in [-0.25, -0.2) is 9.37 Å². The van der Waals surface area contributed by atoms with Crippen LogP contribution in [0.15, 0.2) is 16.7 Å². The molecule has 17 heavy (non-hydrogen) atoms. The number of aryl methyl sites for hydroxylation is 1. The van der Waals surface area contributed by atoms with Gasteiger partial charge in [0, 0.05) is 13.0 Å². The van der Waals surface area contributed by atoms with E-state index in [1.54, 1.807) is 6.07 Å². The highest BCUT2D eigenvalue weighted by Gasteiger charge is 2.29. The van der Waals surface area contributed by atoms with Crippen molar-refractivity contribution in [3.05, 3.63) is 22.3 Å². The molecule has 0 spiro atoms. The largest absolute Gasteiger partial charge is 0.309 e. The molecule has 1 fully saturated rings. The number of nitrogens with one attached hydrogen (secondary N) is 2. The van der Waals surface area contributed by atoms with Gasteiger partial charge < -0.3 is 10.6 Å². The molecule has 2 heterocycles. The van der Waals surface area contributed by atoms with E-state index in [1.165, 1.54) is 0 Å². The van der Waals surface area contributed by atoms with E-state index < -0.39 is 12.2 Å².